The number of anilines is 1. The monoisotopic (exact) mass is 616 g/mol. The molecular formula is C29H22Br2N4O2. The van der Waals surface area contributed by atoms with Crippen molar-refractivity contribution in [2.75, 3.05) is 18.9 Å². The van der Waals surface area contributed by atoms with Gasteiger partial charge in [0.2, 0.25) is 0 Å². The molecular weight excluding hydrogens is 596 g/mol. The number of likely N-dealkylation sites (N-methyl/N-ethyl adjacent to an activating group) is 1. The first-order chi connectivity index (χ1) is 17.7. The van der Waals surface area contributed by atoms with Crippen molar-refractivity contribution in [3.05, 3.63) is 98.1 Å². The third-order valence-electron chi connectivity index (χ3n) is 7.96. The van der Waals surface area contributed by atoms with E-state index in [0.717, 1.165) is 31.0 Å². The average Bonchev–Trinajstić information content (AvgIpc) is 3.50. The van der Waals surface area contributed by atoms with Crippen LogP contribution in [-0.4, -0.2) is 35.2 Å². The number of amides is 1. The number of nitriles is 1. The zero-order chi connectivity index (χ0) is 26.1. The maximum Gasteiger partial charge on any atom is 0.251 e. The van der Waals surface area contributed by atoms with Gasteiger partial charge in [-0.3, -0.25) is 14.5 Å². The summed E-state index contributed by atoms with van der Waals surface area (Å²) in [4.78, 5) is 34.1. The standard InChI is InChI=1S/C29H22Br2N4O2/c1-16-3-10-24-20(11-16)21(13-33-24)26(36)28(15-32)23(17-4-6-18(30)7-5-17)14-35(2)29(28)22-9-8-19(31)12-25(22)34-27(29)37/h3-13,23,33H,14H2,1-2H3,(H,34,37)/t23-,28+,29-/m0/s1. The minimum Gasteiger partial charge on any atom is -0.360 e. The molecule has 2 aliphatic rings. The number of benzene rings is 3. The van der Waals surface area contributed by atoms with Crippen molar-refractivity contribution in [2.45, 2.75) is 18.4 Å². The summed E-state index contributed by atoms with van der Waals surface area (Å²) in [5.41, 5.74) is 1.04. The lowest BCUT2D eigenvalue weighted by Gasteiger charge is -2.41. The largest absolute Gasteiger partial charge is 0.360 e. The number of carbonyl (C=O) groups excluding carboxylic acids is 2. The molecule has 1 saturated heterocycles. The number of likely N-dealkylation sites (tertiary alicyclic amines) is 1. The smallest absolute Gasteiger partial charge is 0.251 e. The van der Waals surface area contributed by atoms with Crippen LogP contribution < -0.4 is 5.32 Å². The van der Waals surface area contributed by atoms with E-state index in [1.54, 1.807) is 6.20 Å². The molecule has 1 aromatic heterocycles. The van der Waals surface area contributed by atoms with E-state index in [1.165, 1.54) is 0 Å². The third-order valence-corrected chi connectivity index (χ3v) is 8.98. The Morgan fingerprint density at radius 1 is 1.08 bits per heavy atom. The Kier molecular flexibility index (Phi) is 5.46. The van der Waals surface area contributed by atoms with Crippen molar-refractivity contribution in [3.63, 3.8) is 0 Å². The summed E-state index contributed by atoms with van der Waals surface area (Å²) in [7, 11) is 1.83. The summed E-state index contributed by atoms with van der Waals surface area (Å²) in [6.07, 6.45) is 1.67. The Balaban J connectivity index is 1.68. The molecule has 0 bridgehead atoms. The minimum atomic E-state index is -1.74. The van der Waals surface area contributed by atoms with E-state index in [4.69, 9.17) is 0 Å². The second-order valence-corrected chi connectivity index (χ2v) is 11.7. The molecule has 0 aliphatic carbocycles. The molecule has 3 aromatic carbocycles. The first kappa shape index (κ1) is 24.1. The molecule has 0 saturated carbocycles. The van der Waals surface area contributed by atoms with Crippen molar-refractivity contribution < 1.29 is 9.59 Å². The normalized spacial score (nSPS) is 24.8. The summed E-state index contributed by atoms with van der Waals surface area (Å²) in [5.74, 6) is -1.29. The van der Waals surface area contributed by atoms with Crippen LogP contribution >= 0.6 is 31.9 Å². The Hall–Kier alpha value is -3.25. The number of Topliss-reactive ketones (excluding diaryl/α,β-unsaturated/α-hetero) is 1. The van der Waals surface area contributed by atoms with Gasteiger partial charge in [0.15, 0.2) is 16.7 Å². The van der Waals surface area contributed by atoms with Crippen molar-refractivity contribution >= 4 is 60.1 Å². The molecule has 1 spiro atoms. The van der Waals surface area contributed by atoms with Gasteiger partial charge < -0.3 is 10.3 Å². The van der Waals surface area contributed by atoms with Crippen molar-refractivity contribution in [2.24, 2.45) is 5.41 Å². The van der Waals surface area contributed by atoms with Crippen LogP contribution in [0.5, 0.6) is 0 Å². The lowest BCUT2D eigenvalue weighted by Crippen LogP contribution is -2.58. The maximum absolute atomic E-state index is 14.9. The van der Waals surface area contributed by atoms with Crippen LogP contribution in [0.15, 0.2) is 75.8 Å². The van der Waals surface area contributed by atoms with Crippen molar-refractivity contribution in [1.29, 1.82) is 5.26 Å². The maximum atomic E-state index is 14.9. The third kappa shape index (κ3) is 3.11. The minimum absolute atomic E-state index is 0.352. The van der Waals surface area contributed by atoms with Gasteiger partial charge in [0.1, 0.15) is 0 Å². The zero-order valence-corrected chi connectivity index (χ0v) is 23.3. The molecule has 0 radical (unpaired) electrons. The number of aryl methyl sites for hydroxylation is 1. The van der Waals surface area contributed by atoms with Crippen LogP contribution in [-0.2, 0) is 10.3 Å². The zero-order valence-electron chi connectivity index (χ0n) is 20.1. The average molecular weight is 618 g/mol. The van der Waals surface area contributed by atoms with Gasteiger partial charge >= 0.3 is 0 Å². The number of fused-ring (bicyclic) bond motifs is 3. The lowest BCUT2D eigenvalue weighted by atomic mass is 9.58. The topological polar surface area (TPSA) is 89.0 Å². The number of hydrogen-bond acceptors (Lipinski definition) is 4. The number of halogens is 2. The number of ketones is 1. The first-order valence-corrected chi connectivity index (χ1v) is 13.4. The Bertz CT molecular complexity index is 1650. The first-order valence-electron chi connectivity index (χ1n) is 11.9. The predicted molar refractivity (Wildman–Crippen MR) is 149 cm³/mol. The molecule has 3 atom stereocenters. The molecule has 8 heteroatoms. The van der Waals surface area contributed by atoms with Crippen LogP contribution in [0.3, 0.4) is 0 Å². The SMILES string of the molecule is Cc1ccc2[nH]cc(C(=O)[C@@]3(C#N)[C@H](c4ccc(Br)cc4)CN(C)[C@@]34C(=O)Nc3cc(Br)ccc34)c2c1. The van der Waals surface area contributed by atoms with Gasteiger partial charge in [0.05, 0.1) is 6.07 Å². The second kappa shape index (κ2) is 8.38. The fourth-order valence-electron chi connectivity index (χ4n) is 6.36. The van der Waals surface area contributed by atoms with E-state index in [-0.39, 0.29) is 11.7 Å². The van der Waals surface area contributed by atoms with Crippen LogP contribution in [0.1, 0.15) is 33.0 Å². The molecule has 4 aromatic rings. The summed E-state index contributed by atoms with van der Waals surface area (Å²) >= 11 is 6.98. The van der Waals surface area contributed by atoms with Gasteiger partial charge in [0, 0.05) is 55.3 Å². The quantitative estimate of drug-likeness (QED) is 0.265. The molecule has 184 valence electrons. The fourth-order valence-corrected chi connectivity index (χ4v) is 6.98. The van der Waals surface area contributed by atoms with Crippen LogP contribution in [0.4, 0.5) is 5.69 Å². The van der Waals surface area contributed by atoms with Gasteiger partial charge in [-0.05, 0) is 55.9 Å². The predicted octanol–water partition coefficient (Wildman–Crippen LogP) is 6.27. The highest BCUT2D eigenvalue weighted by Crippen LogP contribution is 2.63. The van der Waals surface area contributed by atoms with Crippen molar-refractivity contribution in [1.82, 2.24) is 9.88 Å². The number of hydrogen-bond donors (Lipinski definition) is 2. The van der Waals surface area contributed by atoms with Gasteiger partial charge in [-0.2, -0.15) is 5.26 Å². The molecule has 1 fully saturated rings. The highest BCUT2D eigenvalue weighted by Gasteiger charge is 2.74. The summed E-state index contributed by atoms with van der Waals surface area (Å²) in [6.45, 7) is 2.32. The van der Waals surface area contributed by atoms with Crippen LogP contribution in [0.25, 0.3) is 10.9 Å². The number of nitrogens with one attached hydrogen (secondary N) is 2. The molecule has 6 rings (SSSR count). The molecule has 2 N–H and O–H groups in total. The summed E-state index contributed by atoms with van der Waals surface area (Å²) in [6, 6.07) is 21.5. The number of H-pyrrole nitrogens is 1. The number of aromatic nitrogens is 1. The van der Waals surface area contributed by atoms with E-state index >= 15 is 0 Å². The Morgan fingerprint density at radius 2 is 1.81 bits per heavy atom. The molecule has 3 heterocycles. The van der Waals surface area contributed by atoms with Gasteiger partial charge in [-0.15, -0.1) is 0 Å². The van der Waals surface area contributed by atoms with E-state index in [2.05, 4.69) is 48.2 Å². The molecule has 0 unspecified atom stereocenters. The number of carbonyl (C=O) groups is 2. The van der Waals surface area contributed by atoms with E-state index < -0.39 is 16.9 Å². The fraction of sp³-hybridized carbons (Fsp3) is 0.207. The van der Waals surface area contributed by atoms with E-state index in [9.17, 15) is 14.9 Å². The van der Waals surface area contributed by atoms with Crippen LogP contribution in [0.2, 0.25) is 0 Å². The molecule has 2 aliphatic heterocycles. The van der Waals surface area contributed by atoms with Gasteiger partial charge in [-0.25, -0.2) is 0 Å². The van der Waals surface area contributed by atoms with E-state index in [0.29, 0.717) is 23.4 Å². The van der Waals surface area contributed by atoms with E-state index in [1.807, 2.05) is 79.5 Å². The Morgan fingerprint density at radius 3 is 2.54 bits per heavy atom. The van der Waals surface area contributed by atoms with Crippen LogP contribution in [0, 0.1) is 23.7 Å². The number of aromatic amines is 1. The second-order valence-electron chi connectivity index (χ2n) is 9.84. The highest BCUT2D eigenvalue weighted by molar-refractivity contribution is 9.10. The molecule has 6 nitrogen and oxygen atoms in total. The number of nitrogens with zero attached hydrogens (tertiary/aromatic N) is 2. The molecule has 1 amide bonds. The summed E-state index contributed by atoms with van der Waals surface area (Å²) in [5, 5.41) is 14.9. The lowest BCUT2D eigenvalue weighted by molar-refractivity contribution is -0.128. The Labute approximate surface area is 230 Å². The van der Waals surface area contributed by atoms with Gasteiger partial charge in [-0.1, -0.05) is 61.7 Å². The van der Waals surface area contributed by atoms with Gasteiger partial charge in [0.25, 0.3) is 5.91 Å². The highest BCUT2D eigenvalue weighted by atomic mass is 79.9. The number of rotatable bonds is 3. The summed E-state index contributed by atoms with van der Waals surface area (Å²) < 4.78 is 1.70. The molecule has 37 heavy (non-hydrogen) atoms. The van der Waals surface area contributed by atoms with Crippen molar-refractivity contribution in [3.8, 4) is 6.07 Å².